The van der Waals surface area contributed by atoms with E-state index in [1.54, 1.807) is 0 Å². The fourth-order valence-corrected chi connectivity index (χ4v) is 3.97. The van der Waals surface area contributed by atoms with Crippen molar-refractivity contribution in [2.24, 2.45) is 0 Å². The molecule has 18 heavy (non-hydrogen) atoms. The van der Waals surface area contributed by atoms with Crippen LogP contribution in [0.15, 0.2) is 60.7 Å². The van der Waals surface area contributed by atoms with Crippen molar-refractivity contribution in [1.82, 2.24) is 0 Å². The first kappa shape index (κ1) is 13.4. The van der Waals surface area contributed by atoms with E-state index in [1.165, 1.54) is 0 Å². The summed E-state index contributed by atoms with van der Waals surface area (Å²) in [6.45, 7) is 0.266. The van der Waals surface area contributed by atoms with Gasteiger partial charge in [0.15, 0.2) is 0 Å². The summed E-state index contributed by atoms with van der Waals surface area (Å²) in [5.41, 5.74) is 0. The van der Waals surface area contributed by atoms with Gasteiger partial charge in [-0.25, -0.2) is 0 Å². The fourth-order valence-electron chi connectivity index (χ4n) is 1.71. The zero-order valence-electron chi connectivity index (χ0n) is 9.83. The van der Waals surface area contributed by atoms with E-state index in [-0.39, 0.29) is 6.61 Å². The van der Waals surface area contributed by atoms with E-state index in [9.17, 15) is 4.57 Å². The standard InChI is InChI=1S/C14H14ClO2P/c15-11-12-17-18(16,13-7-3-1-4-8-13)14-9-5-2-6-10-14/h1-10H,11-12H2. The molecule has 0 aliphatic heterocycles. The third-order valence-corrected chi connectivity index (χ3v) is 5.20. The van der Waals surface area contributed by atoms with Gasteiger partial charge in [-0.3, -0.25) is 4.57 Å². The molecule has 2 aromatic rings. The molecule has 2 nitrogen and oxygen atoms in total. The maximum absolute atomic E-state index is 13.1. The van der Waals surface area contributed by atoms with E-state index in [4.69, 9.17) is 16.1 Å². The molecule has 0 radical (unpaired) electrons. The molecule has 0 unspecified atom stereocenters. The lowest BCUT2D eigenvalue weighted by Crippen LogP contribution is -2.18. The first-order chi connectivity index (χ1) is 8.77. The minimum atomic E-state index is -3.03. The van der Waals surface area contributed by atoms with Crippen molar-refractivity contribution >= 4 is 29.6 Å². The van der Waals surface area contributed by atoms with E-state index in [2.05, 4.69) is 0 Å². The van der Waals surface area contributed by atoms with Gasteiger partial charge in [0.05, 0.1) is 6.61 Å². The zero-order valence-corrected chi connectivity index (χ0v) is 11.5. The first-order valence-corrected chi connectivity index (χ1v) is 7.85. The van der Waals surface area contributed by atoms with Gasteiger partial charge in [0.1, 0.15) is 0 Å². The Balaban J connectivity index is 2.45. The number of halogens is 1. The average Bonchev–Trinajstić information content (AvgIpc) is 2.46. The monoisotopic (exact) mass is 280 g/mol. The van der Waals surface area contributed by atoms with Crippen LogP contribution in [-0.2, 0) is 9.09 Å². The molecule has 0 heterocycles. The second kappa shape index (κ2) is 6.19. The molecule has 0 aromatic heterocycles. The van der Waals surface area contributed by atoms with Crippen LogP contribution in [0.4, 0.5) is 0 Å². The Hall–Kier alpha value is -1.08. The van der Waals surface area contributed by atoms with Crippen molar-refractivity contribution in [3.8, 4) is 0 Å². The van der Waals surface area contributed by atoms with Gasteiger partial charge in [-0.1, -0.05) is 36.4 Å². The molecule has 0 fully saturated rings. The van der Waals surface area contributed by atoms with Crippen molar-refractivity contribution in [3.63, 3.8) is 0 Å². The second-order valence-corrected chi connectivity index (χ2v) is 6.52. The highest BCUT2D eigenvalue weighted by Crippen LogP contribution is 2.44. The maximum atomic E-state index is 13.1. The van der Waals surface area contributed by atoms with Crippen LogP contribution >= 0.6 is 19.0 Å². The van der Waals surface area contributed by atoms with Gasteiger partial charge in [0.25, 0.3) is 7.37 Å². The normalized spacial score (nSPS) is 11.4. The summed E-state index contributed by atoms with van der Waals surface area (Å²) in [5.74, 6) is 0.323. The molecule has 0 bridgehead atoms. The van der Waals surface area contributed by atoms with Crippen molar-refractivity contribution in [1.29, 1.82) is 0 Å². The van der Waals surface area contributed by atoms with Gasteiger partial charge in [0, 0.05) is 16.5 Å². The van der Waals surface area contributed by atoms with Gasteiger partial charge in [-0.15, -0.1) is 11.6 Å². The quantitative estimate of drug-likeness (QED) is 0.621. The van der Waals surface area contributed by atoms with Crippen LogP contribution in [0.5, 0.6) is 0 Å². The Morgan fingerprint density at radius 1 is 0.889 bits per heavy atom. The van der Waals surface area contributed by atoms with Gasteiger partial charge >= 0.3 is 0 Å². The van der Waals surface area contributed by atoms with Crippen molar-refractivity contribution in [3.05, 3.63) is 60.7 Å². The van der Waals surface area contributed by atoms with Gasteiger partial charge in [-0.05, 0) is 24.3 Å². The molecule has 4 heteroatoms. The minimum absolute atomic E-state index is 0.266. The Bertz CT molecular complexity index is 485. The third-order valence-electron chi connectivity index (χ3n) is 2.54. The largest absolute Gasteiger partial charge is 0.321 e. The van der Waals surface area contributed by atoms with Crippen LogP contribution in [0.2, 0.25) is 0 Å². The van der Waals surface area contributed by atoms with Crippen LogP contribution in [0, 0.1) is 0 Å². The molecule has 0 saturated carbocycles. The number of hydrogen-bond donors (Lipinski definition) is 0. The Kier molecular flexibility index (Phi) is 4.60. The van der Waals surface area contributed by atoms with Crippen molar-refractivity contribution in [2.75, 3.05) is 12.5 Å². The molecular formula is C14H14ClO2P. The lowest BCUT2D eigenvalue weighted by atomic mass is 10.4. The first-order valence-electron chi connectivity index (χ1n) is 5.69. The Labute approximate surface area is 112 Å². The highest BCUT2D eigenvalue weighted by molar-refractivity contribution is 7.74. The number of rotatable bonds is 5. The zero-order chi connectivity index (χ0) is 12.8. The maximum Gasteiger partial charge on any atom is 0.261 e. The number of hydrogen-bond acceptors (Lipinski definition) is 2. The summed E-state index contributed by atoms with van der Waals surface area (Å²) in [6.07, 6.45) is 0. The van der Waals surface area contributed by atoms with Gasteiger partial charge in [0.2, 0.25) is 0 Å². The molecule has 0 atom stereocenters. The highest BCUT2D eigenvalue weighted by Gasteiger charge is 2.27. The van der Waals surface area contributed by atoms with E-state index in [0.717, 1.165) is 0 Å². The summed E-state index contributed by atoms with van der Waals surface area (Å²) in [6, 6.07) is 18.5. The van der Waals surface area contributed by atoms with Gasteiger partial charge in [-0.2, -0.15) is 0 Å². The van der Waals surface area contributed by atoms with Crippen LogP contribution in [0.25, 0.3) is 0 Å². The molecule has 0 saturated heterocycles. The molecule has 2 aromatic carbocycles. The number of alkyl halides is 1. The third kappa shape index (κ3) is 2.84. The summed E-state index contributed by atoms with van der Waals surface area (Å²) in [4.78, 5) is 0. The highest BCUT2D eigenvalue weighted by atomic mass is 35.5. The van der Waals surface area contributed by atoms with Crippen LogP contribution in [0.1, 0.15) is 0 Å². The predicted molar refractivity (Wildman–Crippen MR) is 76.4 cm³/mol. The van der Waals surface area contributed by atoms with Crippen molar-refractivity contribution in [2.45, 2.75) is 0 Å². The van der Waals surface area contributed by atoms with Crippen LogP contribution in [0.3, 0.4) is 0 Å². The lowest BCUT2D eigenvalue weighted by Gasteiger charge is -2.18. The fraction of sp³-hybridized carbons (Fsp3) is 0.143. The summed E-state index contributed by atoms with van der Waals surface area (Å²) >= 11 is 5.64. The number of benzene rings is 2. The predicted octanol–water partition coefficient (Wildman–Crippen LogP) is 3.17. The lowest BCUT2D eigenvalue weighted by molar-refractivity contribution is 0.350. The SMILES string of the molecule is O=P(OCCCl)(c1ccccc1)c1ccccc1. The molecule has 0 amide bonds. The Morgan fingerprint density at radius 3 is 1.72 bits per heavy atom. The molecule has 0 N–H and O–H groups in total. The van der Waals surface area contributed by atoms with E-state index < -0.39 is 7.37 Å². The van der Waals surface area contributed by atoms with Crippen molar-refractivity contribution < 1.29 is 9.09 Å². The van der Waals surface area contributed by atoms with E-state index in [1.807, 2.05) is 60.7 Å². The minimum Gasteiger partial charge on any atom is -0.321 e. The van der Waals surface area contributed by atoms with Crippen LogP contribution in [-0.4, -0.2) is 12.5 Å². The summed E-state index contributed by atoms with van der Waals surface area (Å²) < 4.78 is 18.7. The topological polar surface area (TPSA) is 26.3 Å². The molecule has 2 rings (SSSR count). The smallest absolute Gasteiger partial charge is 0.261 e. The van der Waals surface area contributed by atoms with E-state index >= 15 is 0 Å². The van der Waals surface area contributed by atoms with Gasteiger partial charge < -0.3 is 4.52 Å². The Morgan fingerprint density at radius 2 is 1.33 bits per heavy atom. The second-order valence-electron chi connectivity index (χ2n) is 3.74. The molecule has 0 aliphatic rings. The average molecular weight is 281 g/mol. The molecular weight excluding hydrogens is 267 g/mol. The summed E-state index contributed by atoms with van der Waals surface area (Å²) in [7, 11) is -3.03. The van der Waals surface area contributed by atoms with Crippen LogP contribution < -0.4 is 10.6 Å². The van der Waals surface area contributed by atoms with E-state index in [0.29, 0.717) is 16.5 Å². The summed E-state index contributed by atoms with van der Waals surface area (Å²) in [5, 5.41) is 1.39. The molecule has 94 valence electrons. The molecule has 0 spiro atoms. The molecule has 0 aliphatic carbocycles.